The van der Waals surface area contributed by atoms with Crippen LogP contribution in [0.15, 0.2) is 48.6 Å². The maximum absolute atomic E-state index is 13.0. The monoisotopic (exact) mass is 367 g/mol. The zero-order valence-corrected chi connectivity index (χ0v) is 14.7. The molecule has 5 nitrogen and oxygen atoms in total. The molecule has 0 radical (unpaired) electrons. The van der Waals surface area contributed by atoms with Gasteiger partial charge in [-0.15, -0.1) is 0 Å². The van der Waals surface area contributed by atoms with Crippen molar-refractivity contribution in [2.75, 3.05) is 0 Å². The summed E-state index contributed by atoms with van der Waals surface area (Å²) in [4.78, 5) is 10.3. The quantitative estimate of drug-likeness (QED) is 0.402. The first-order valence-electron chi connectivity index (χ1n) is 8.01. The number of rotatable bonds is 5. The van der Waals surface area contributed by atoms with E-state index in [4.69, 9.17) is 0 Å². The van der Waals surface area contributed by atoms with Crippen molar-refractivity contribution < 1.29 is 18.1 Å². The van der Waals surface area contributed by atoms with Gasteiger partial charge >= 0.3 is 6.18 Å². The van der Waals surface area contributed by atoms with Gasteiger partial charge in [0.15, 0.2) is 0 Å². The van der Waals surface area contributed by atoms with E-state index in [0.717, 1.165) is 6.08 Å². The Kier molecular flexibility index (Phi) is 7.30. The minimum atomic E-state index is -4.47. The van der Waals surface area contributed by atoms with Crippen LogP contribution in [0.2, 0.25) is 0 Å². The van der Waals surface area contributed by atoms with Crippen molar-refractivity contribution in [2.45, 2.75) is 33.4 Å². The summed E-state index contributed by atoms with van der Waals surface area (Å²) in [6.45, 7) is 8.90. The van der Waals surface area contributed by atoms with Gasteiger partial charge < -0.3 is 0 Å². The fourth-order valence-corrected chi connectivity index (χ4v) is 2.23. The first-order chi connectivity index (χ1) is 12.3. The highest BCUT2D eigenvalue weighted by Gasteiger charge is 2.32. The molecule has 0 saturated carbocycles. The molecule has 1 N–H and O–H groups in total. The van der Waals surface area contributed by atoms with Gasteiger partial charge in [-0.2, -0.15) is 18.3 Å². The van der Waals surface area contributed by atoms with Crippen molar-refractivity contribution in [2.24, 2.45) is 0 Å². The number of benzene rings is 1. The van der Waals surface area contributed by atoms with E-state index in [2.05, 4.69) is 16.8 Å². The second-order valence-corrected chi connectivity index (χ2v) is 4.94. The Labute approximate surface area is 149 Å². The third kappa shape index (κ3) is 4.81. The number of nitro benzene ring substituents is 1. The summed E-state index contributed by atoms with van der Waals surface area (Å²) in [6.07, 6.45) is -0.965. The lowest BCUT2D eigenvalue weighted by Crippen LogP contribution is -2.11. The van der Waals surface area contributed by atoms with E-state index in [1.807, 2.05) is 13.8 Å². The summed E-state index contributed by atoms with van der Waals surface area (Å²) < 4.78 is 39.0. The molecule has 0 saturated heterocycles. The second kappa shape index (κ2) is 8.98. The molecule has 0 aliphatic heterocycles. The Morgan fingerprint density at radius 3 is 2.54 bits per heavy atom. The number of allylic oxidation sites excluding steroid dienone is 5. The fourth-order valence-electron chi connectivity index (χ4n) is 2.23. The highest BCUT2D eigenvalue weighted by atomic mass is 19.4. The molecule has 0 aliphatic carbocycles. The van der Waals surface area contributed by atoms with Gasteiger partial charge in [0.2, 0.25) is 0 Å². The second-order valence-electron chi connectivity index (χ2n) is 4.94. The van der Waals surface area contributed by atoms with Crippen molar-refractivity contribution in [1.82, 2.24) is 10.2 Å². The zero-order chi connectivity index (χ0) is 19.9. The van der Waals surface area contributed by atoms with Crippen LogP contribution >= 0.6 is 0 Å². The Hall–Kier alpha value is -2.90. The Balaban J connectivity index is 0.00000163. The lowest BCUT2D eigenvalue weighted by Gasteiger charge is -2.10. The van der Waals surface area contributed by atoms with Crippen LogP contribution in [0, 0.1) is 10.1 Å². The molecule has 0 aliphatic rings. The van der Waals surface area contributed by atoms with Crippen molar-refractivity contribution in [3.8, 4) is 0 Å². The molecular weight excluding hydrogens is 347 g/mol. The van der Waals surface area contributed by atoms with Crippen LogP contribution in [0.4, 0.5) is 18.9 Å². The molecule has 1 heterocycles. The maximum atomic E-state index is 13.0. The van der Waals surface area contributed by atoms with E-state index >= 15 is 0 Å². The number of H-pyrrole nitrogens is 1. The molecule has 0 spiro atoms. The minimum absolute atomic E-state index is 0.168. The molecule has 0 atom stereocenters. The minimum Gasteiger partial charge on any atom is -0.277 e. The van der Waals surface area contributed by atoms with Gasteiger partial charge in [0.05, 0.1) is 10.4 Å². The van der Waals surface area contributed by atoms with Gasteiger partial charge in [-0.3, -0.25) is 15.2 Å². The number of nitro groups is 1. The number of nitrogens with zero attached hydrogens (tertiary/aromatic N) is 2. The molecule has 2 rings (SSSR count). The van der Waals surface area contributed by atoms with E-state index in [1.165, 1.54) is 37.3 Å². The Morgan fingerprint density at radius 2 is 2.04 bits per heavy atom. The number of alkyl halides is 3. The average Bonchev–Trinajstić information content (AvgIpc) is 3.02. The highest BCUT2D eigenvalue weighted by molar-refractivity contribution is 5.94. The molecule has 2 aromatic rings. The molecule has 0 fully saturated rings. The normalized spacial score (nSPS) is 12.5. The highest BCUT2D eigenvalue weighted by Crippen LogP contribution is 2.33. The van der Waals surface area contributed by atoms with Crippen molar-refractivity contribution in [3.05, 3.63) is 64.4 Å². The third-order valence-corrected chi connectivity index (χ3v) is 3.40. The summed E-state index contributed by atoms with van der Waals surface area (Å²) >= 11 is 0. The van der Waals surface area contributed by atoms with Gasteiger partial charge in [0.25, 0.3) is 5.69 Å². The fraction of sp³-hybridized carbons (Fsp3) is 0.278. The van der Waals surface area contributed by atoms with Crippen LogP contribution in [0.5, 0.6) is 0 Å². The van der Waals surface area contributed by atoms with E-state index < -0.39 is 16.7 Å². The maximum Gasteiger partial charge on any atom is 0.412 e. The van der Waals surface area contributed by atoms with Crippen LogP contribution in [-0.4, -0.2) is 21.3 Å². The van der Waals surface area contributed by atoms with Gasteiger partial charge in [-0.1, -0.05) is 39.5 Å². The Bertz CT molecular complexity index is 849. The molecule has 140 valence electrons. The third-order valence-electron chi connectivity index (χ3n) is 3.40. The summed E-state index contributed by atoms with van der Waals surface area (Å²) in [7, 11) is 0. The van der Waals surface area contributed by atoms with Crippen LogP contribution in [-0.2, 0) is 0 Å². The van der Waals surface area contributed by atoms with E-state index in [1.54, 1.807) is 0 Å². The SMILES string of the molecule is C=C/C=C(\C=C(/CC)C(F)(F)F)c1n[nH]c2ccc([N+](=O)[O-])cc12.CC. The number of halogens is 3. The summed E-state index contributed by atoms with van der Waals surface area (Å²) in [5.41, 5.74) is -0.0328. The standard InChI is InChI=1S/C16H14F3N3O2.C2H6/c1-3-5-10(8-11(4-2)16(17,18)19)15-13-9-12(22(23)24)6-7-14(13)20-21-15;1-2/h3,5-9H,1,4H2,2H3,(H,20,21);1-2H3/b10-5+,11-8+;. The number of hydrogen-bond donors (Lipinski definition) is 1. The molecule has 0 bridgehead atoms. The summed E-state index contributed by atoms with van der Waals surface area (Å²) in [5.74, 6) is 0. The van der Waals surface area contributed by atoms with E-state index in [9.17, 15) is 23.3 Å². The number of aromatic nitrogens is 2. The number of aromatic amines is 1. The van der Waals surface area contributed by atoms with E-state index in [0.29, 0.717) is 10.9 Å². The molecular formula is C18H20F3N3O2. The lowest BCUT2D eigenvalue weighted by molar-refractivity contribution is -0.384. The predicted octanol–water partition coefficient (Wildman–Crippen LogP) is 5.97. The number of fused-ring (bicyclic) bond motifs is 1. The predicted molar refractivity (Wildman–Crippen MR) is 96.7 cm³/mol. The van der Waals surface area contributed by atoms with Crippen LogP contribution in [0.3, 0.4) is 0 Å². The largest absolute Gasteiger partial charge is 0.412 e. The molecule has 0 unspecified atom stereocenters. The van der Waals surface area contributed by atoms with Gasteiger partial charge in [0.1, 0.15) is 5.69 Å². The van der Waals surface area contributed by atoms with Crippen molar-refractivity contribution in [3.63, 3.8) is 0 Å². The van der Waals surface area contributed by atoms with Gasteiger partial charge in [0, 0.05) is 28.7 Å². The first-order valence-corrected chi connectivity index (χ1v) is 8.01. The van der Waals surface area contributed by atoms with Crippen LogP contribution in [0.25, 0.3) is 16.5 Å². The number of nitrogens with one attached hydrogen (secondary N) is 1. The average molecular weight is 367 g/mol. The summed E-state index contributed by atoms with van der Waals surface area (Å²) in [6, 6.07) is 4.03. The van der Waals surface area contributed by atoms with Gasteiger partial charge in [-0.05, 0) is 18.6 Å². The Morgan fingerprint density at radius 1 is 1.38 bits per heavy atom. The summed E-state index contributed by atoms with van der Waals surface area (Å²) in [5, 5.41) is 18.0. The molecule has 1 aromatic carbocycles. The zero-order valence-electron chi connectivity index (χ0n) is 14.7. The topological polar surface area (TPSA) is 71.8 Å². The van der Waals surface area contributed by atoms with E-state index in [-0.39, 0.29) is 23.4 Å². The molecule has 0 amide bonds. The smallest absolute Gasteiger partial charge is 0.277 e. The number of non-ortho nitro benzene ring substituents is 1. The number of hydrogen-bond acceptors (Lipinski definition) is 3. The molecule has 1 aromatic heterocycles. The van der Waals surface area contributed by atoms with Gasteiger partial charge in [-0.25, -0.2) is 0 Å². The first kappa shape index (κ1) is 21.1. The molecule has 26 heavy (non-hydrogen) atoms. The van der Waals surface area contributed by atoms with Crippen LogP contribution < -0.4 is 0 Å². The van der Waals surface area contributed by atoms with Crippen molar-refractivity contribution in [1.29, 1.82) is 0 Å². The lowest BCUT2D eigenvalue weighted by atomic mass is 10.0. The molecule has 8 heteroatoms. The van der Waals surface area contributed by atoms with Crippen molar-refractivity contribution >= 4 is 22.2 Å². The van der Waals surface area contributed by atoms with Crippen LogP contribution in [0.1, 0.15) is 32.9 Å².